The van der Waals surface area contributed by atoms with Crippen LogP contribution < -0.4 is 5.32 Å². The molecule has 1 aromatic carbocycles. The number of hydrogen-bond acceptors (Lipinski definition) is 6. The molecule has 0 amide bonds. The summed E-state index contributed by atoms with van der Waals surface area (Å²) in [6.45, 7) is 1.60. The summed E-state index contributed by atoms with van der Waals surface area (Å²) in [5.74, 6) is -0.0941. The molecule has 0 bridgehead atoms. The number of quaternary nitrogens is 2. The molecule has 33 heavy (non-hydrogen) atoms. The van der Waals surface area contributed by atoms with Gasteiger partial charge in [0, 0.05) is 34.6 Å². The zero-order chi connectivity index (χ0) is 21.7. The molecule has 0 saturated heterocycles. The summed E-state index contributed by atoms with van der Waals surface area (Å²) in [6, 6.07) is 5.47. The zero-order valence-corrected chi connectivity index (χ0v) is 21.4. The second-order valence-electron chi connectivity index (χ2n) is 8.73. The van der Waals surface area contributed by atoms with E-state index in [1.807, 2.05) is 12.1 Å². The van der Waals surface area contributed by atoms with Crippen LogP contribution in [0.5, 0.6) is 0 Å². The highest BCUT2D eigenvalue weighted by molar-refractivity contribution is 6.27. The Bertz CT molecular complexity index is 1140. The number of likely N-dealkylation sites (N-methyl/N-ethyl adjacent to an activating group) is 2. The lowest BCUT2D eigenvalue weighted by atomic mass is 9.87. The van der Waals surface area contributed by atoms with Crippen LogP contribution in [0.1, 0.15) is 15.9 Å². The molecule has 0 aliphatic heterocycles. The minimum absolute atomic E-state index is 0. The number of nitrogens with one attached hydrogen (secondary N) is 1. The molecule has 12 heteroatoms. The van der Waals surface area contributed by atoms with Crippen molar-refractivity contribution in [2.24, 2.45) is 0 Å². The standard InChI is InChI=1S/C21H26N6O3.3ClH/c1-26(2,29)11-9-23-16-5-6-17-19-18(16)21(28)14-7-8-22-13-15(14)20(19)24-25(17)10-12-27(3,4)30;;;/h5-8,13,23H,9-12H2,1-4H3;3*1H. The van der Waals surface area contributed by atoms with Crippen molar-refractivity contribution in [1.29, 1.82) is 0 Å². The van der Waals surface area contributed by atoms with Gasteiger partial charge < -0.3 is 25.0 Å². The number of hydrogen-bond donors (Lipinski definition) is 1. The summed E-state index contributed by atoms with van der Waals surface area (Å²) >= 11 is 0. The van der Waals surface area contributed by atoms with Crippen molar-refractivity contribution in [3.63, 3.8) is 0 Å². The average molecular weight is 520 g/mol. The molecule has 0 atom stereocenters. The second-order valence-corrected chi connectivity index (χ2v) is 8.73. The number of pyridine rings is 1. The Morgan fingerprint density at radius 3 is 2.27 bits per heavy atom. The van der Waals surface area contributed by atoms with Gasteiger partial charge in [-0.25, -0.2) is 0 Å². The first-order valence-electron chi connectivity index (χ1n) is 9.90. The Morgan fingerprint density at radius 2 is 1.64 bits per heavy atom. The van der Waals surface area contributed by atoms with E-state index in [1.165, 1.54) is 0 Å². The Hall–Kier alpha value is -1.98. The van der Waals surface area contributed by atoms with Gasteiger partial charge in [0.15, 0.2) is 5.78 Å². The Morgan fingerprint density at radius 1 is 0.970 bits per heavy atom. The molecular weight excluding hydrogens is 491 g/mol. The molecule has 1 N–H and O–H groups in total. The van der Waals surface area contributed by atoms with Crippen LogP contribution in [0.3, 0.4) is 0 Å². The quantitative estimate of drug-likeness (QED) is 0.296. The molecule has 182 valence electrons. The maximum absolute atomic E-state index is 13.4. The van der Waals surface area contributed by atoms with E-state index in [4.69, 9.17) is 5.10 Å². The maximum atomic E-state index is 13.4. The first kappa shape index (κ1) is 29.1. The number of benzene rings is 1. The molecule has 0 fully saturated rings. The number of nitrogens with zero attached hydrogens (tertiary/aromatic N) is 5. The number of hydroxylamine groups is 6. The molecule has 2 aromatic heterocycles. The van der Waals surface area contributed by atoms with Crippen molar-refractivity contribution in [2.75, 3.05) is 53.1 Å². The van der Waals surface area contributed by atoms with Crippen LogP contribution in [0, 0.1) is 10.4 Å². The van der Waals surface area contributed by atoms with Crippen molar-refractivity contribution in [3.8, 4) is 11.3 Å². The number of carbonyl (C=O) groups excluding carboxylic acids is 1. The van der Waals surface area contributed by atoms with Crippen LogP contribution in [0.4, 0.5) is 5.69 Å². The van der Waals surface area contributed by atoms with E-state index in [1.54, 1.807) is 51.3 Å². The third-order valence-corrected chi connectivity index (χ3v) is 5.28. The van der Waals surface area contributed by atoms with E-state index in [-0.39, 0.29) is 43.0 Å². The van der Waals surface area contributed by atoms with Crippen molar-refractivity contribution >= 4 is 59.6 Å². The molecular formula is C21H29Cl3N6O3. The van der Waals surface area contributed by atoms with Gasteiger partial charge in [0.2, 0.25) is 0 Å². The van der Waals surface area contributed by atoms with Crippen LogP contribution >= 0.6 is 37.2 Å². The number of carbonyl (C=O) groups is 1. The molecule has 2 heterocycles. The molecule has 0 radical (unpaired) electrons. The molecule has 0 saturated carbocycles. The average Bonchev–Trinajstić information content (AvgIpc) is 3.03. The third kappa shape index (κ3) is 5.93. The molecule has 0 spiro atoms. The monoisotopic (exact) mass is 518 g/mol. The summed E-state index contributed by atoms with van der Waals surface area (Å²) in [5.41, 5.74) is 4.00. The predicted octanol–water partition coefficient (Wildman–Crippen LogP) is 3.47. The highest BCUT2D eigenvalue weighted by Gasteiger charge is 2.31. The van der Waals surface area contributed by atoms with Crippen LogP contribution in [-0.2, 0) is 6.54 Å². The number of anilines is 1. The van der Waals surface area contributed by atoms with Gasteiger partial charge in [-0.2, -0.15) is 5.10 Å². The van der Waals surface area contributed by atoms with Gasteiger partial charge in [-0.3, -0.25) is 14.5 Å². The van der Waals surface area contributed by atoms with Gasteiger partial charge in [-0.05, 0) is 18.2 Å². The highest BCUT2D eigenvalue weighted by atomic mass is 35.5. The fraction of sp³-hybridized carbons (Fsp3) is 0.381. The predicted molar refractivity (Wildman–Crippen MR) is 137 cm³/mol. The summed E-state index contributed by atoms with van der Waals surface area (Å²) in [7, 11) is 6.36. The number of aromatic nitrogens is 3. The van der Waals surface area contributed by atoms with E-state index < -0.39 is 9.29 Å². The Balaban J connectivity index is 0.00000181. The largest absolute Gasteiger partial charge is 0.633 e. The van der Waals surface area contributed by atoms with Gasteiger partial charge in [0.05, 0.1) is 65.4 Å². The van der Waals surface area contributed by atoms with E-state index >= 15 is 0 Å². The molecule has 1 aliphatic rings. The van der Waals surface area contributed by atoms with Crippen LogP contribution in [0.15, 0.2) is 30.6 Å². The molecule has 0 unspecified atom stereocenters. The molecule has 1 aliphatic carbocycles. The molecule has 3 aromatic rings. The fourth-order valence-electron chi connectivity index (χ4n) is 3.72. The van der Waals surface area contributed by atoms with Crippen molar-refractivity contribution in [3.05, 3.63) is 52.1 Å². The number of halogens is 3. The van der Waals surface area contributed by atoms with Crippen molar-refractivity contribution < 1.29 is 14.1 Å². The summed E-state index contributed by atoms with van der Waals surface area (Å²) in [6.07, 6.45) is 3.26. The molecule has 4 rings (SSSR count). The van der Waals surface area contributed by atoms with E-state index in [0.717, 1.165) is 10.9 Å². The second kappa shape index (κ2) is 10.5. The number of rotatable bonds is 7. The lowest BCUT2D eigenvalue weighted by Crippen LogP contribution is -2.36. The van der Waals surface area contributed by atoms with Gasteiger partial charge in [0.1, 0.15) is 5.69 Å². The van der Waals surface area contributed by atoms with Crippen molar-refractivity contribution in [2.45, 2.75) is 6.54 Å². The molecule has 9 nitrogen and oxygen atoms in total. The normalized spacial score (nSPS) is 12.4. The lowest BCUT2D eigenvalue weighted by Gasteiger charge is -2.34. The van der Waals surface area contributed by atoms with Gasteiger partial charge in [-0.1, -0.05) is 0 Å². The van der Waals surface area contributed by atoms with Gasteiger partial charge >= 0.3 is 0 Å². The maximum Gasteiger partial charge on any atom is 0.196 e. The van der Waals surface area contributed by atoms with Crippen LogP contribution in [0.2, 0.25) is 0 Å². The summed E-state index contributed by atoms with van der Waals surface area (Å²) in [5, 5.41) is 32.7. The fourth-order valence-corrected chi connectivity index (χ4v) is 3.72. The smallest absolute Gasteiger partial charge is 0.196 e. The van der Waals surface area contributed by atoms with Crippen molar-refractivity contribution in [1.82, 2.24) is 14.8 Å². The number of fused-ring (bicyclic) bond motifs is 2. The zero-order valence-electron chi connectivity index (χ0n) is 18.9. The Kier molecular flexibility index (Phi) is 9.26. The SMILES string of the molecule is C[N+](C)([O-])CCNc1ccc2c3c(nn2CC[N+](C)(C)[O-])-c2cnccc2C(=O)c13.Cl.Cl.Cl. The summed E-state index contributed by atoms with van der Waals surface area (Å²) in [4.78, 5) is 17.6. The summed E-state index contributed by atoms with van der Waals surface area (Å²) < 4.78 is 0.950. The van der Waals surface area contributed by atoms with Crippen LogP contribution in [-0.4, -0.2) is 77.7 Å². The number of ketones is 1. The van der Waals surface area contributed by atoms with E-state index in [0.29, 0.717) is 54.3 Å². The Labute approximate surface area is 211 Å². The minimum atomic E-state index is -0.427. The lowest BCUT2D eigenvalue weighted by molar-refractivity contribution is -0.840. The van der Waals surface area contributed by atoms with Crippen LogP contribution in [0.25, 0.3) is 22.2 Å². The first-order valence-corrected chi connectivity index (χ1v) is 9.90. The minimum Gasteiger partial charge on any atom is -0.633 e. The van der Waals surface area contributed by atoms with Gasteiger partial charge in [-0.15, -0.1) is 37.2 Å². The first-order chi connectivity index (χ1) is 14.1. The highest BCUT2D eigenvalue weighted by Crippen LogP contribution is 2.41. The van der Waals surface area contributed by atoms with E-state index in [2.05, 4.69) is 10.3 Å². The van der Waals surface area contributed by atoms with Gasteiger partial charge in [0.25, 0.3) is 0 Å². The van der Waals surface area contributed by atoms with E-state index in [9.17, 15) is 15.2 Å². The third-order valence-electron chi connectivity index (χ3n) is 5.28. The topological polar surface area (TPSA) is 106 Å².